The number of nitrogens with one attached hydrogen (secondary N) is 1. The monoisotopic (exact) mass is 428 g/mol. The number of nitrogens with zero attached hydrogens (tertiary/aromatic N) is 1. The average molecular weight is 428 g/mol. The highest BCUT2D eigenvalue weighted by molar-refractivity contribution is 7.90. The lowest BCUT2D eigenvalue weighted by Gasteiger charge is -2.32. The molecule has 9 heteroatoms. The van der Waals surface area contributed by atoms with Gasteiger partial charge in [0.2, 0.25) is 0 Å². The molecule has 1 saturated heterocycles. The van der Waals surface area contributed by atoms with Gasteiger partial charge in [0.25, 0.3) is 15.6 Å². The summed E-state index contributed by atoms with van der Waals surface area (Å²) >= 11 is 0. The molecule has 0 saturated carbocycles. The van der Waals surface area contributed by atoms with Crippen LogP contribution in [-0.2, 0) is 19.3 Å². The topological polar surface area (TPSA) is 90.4 Å². The van der Waals surface area contributed by atoms with Crippen LogP contribution < -0.4 is 11.0 Å². The Morgan fingerprint density at radius 2 is 1.57 bits per heavy atom. The quantitative estimate of drug-likeness (QED) is 0.648. The van der Waals surface area contributed by atoms with E-state index in [0.717, 1.165) is 9.54 Å². The van der Waals surface area contributed by atoms with Gasteiger partial charge in [0.1, 0.15) is 5.52 Å². The molecule has 0 radical (unpaired) electrons. The van der Waals surface area contributed by atoms with Gasteiger partial charge in [-0.1, -0.05) is 17.7 Å². The van der Waals surface area contributed by atoms with E-state index in [1.54, 1.807) is 37.3 Å². The molecule has 7 nitrogen and oxygen atoms in total. The summed E-state index contributed by atoms with van der Waals surface area (Å²) in [5.41, 5.74) is 0.403. The van der Waals surface area contributed by atoms with Crippen LogP contribution in [0.3, 0.4) is 0 Å². The Balaban J connectivity index is 1.93. The lowest BCUT2D eigenvalue weighted by molar-refractivity contribution is 0.00578. The number of aromatic amines is 1. The van der Waals surface area contributed by atoms with Crippen molar-refractivity contribution in [3.8, 4) is 0 Å². The summed E-state index contributed by atoms with van der Waals surface area (Å²) in [4.78, 5) is 15.5. The minimum atomic E-state index is -3.96. The smallest absolute Gasteiger partial charge is 0.399 e. The van der Waals surface area contributed by atoms with Crippen LogP contribution in [0.5, 0.6) is 0 Å². The maximum absolute atomic E-state index is 13.4. The third kappa shape index (κ3) is 3.03. The van der Waals surface area contributed by atoms with Gasteiger partial charge in [0.15, 0.2) is 0 Å². The zero-order valence-electron chi connectivity index (χ0n) is 17.9. The van der Waals surface area contributed by atoms with E-state index in [0.29, 0.717) is 16.5 Å². The number of hydrogen-bond donors (Lipinski definition) is 1. The van der Waals surface area contributed by atoms with Crippen molar-refractivity contribution in [1.29, 1.82) is 0 Å². The van der Waals surface area contributed by atoms with Crippen LogP contribution in [0.2, 0.25) is 0 Å². The summed E-state index contributed by atoms with van der Waals surface area (Å²) in [6.07, 6.45) is 1.54. The lowest BCUT2D eigenvalue weighted by atomic mass is 9.78. The van der Waals surface area contributed by atoms with Crippen molar-refractivity contribution in [3.05, 3.63) is 58.1 Å². The molecule has 30 heavy (non-hydrogen) atoms. The van der Waals surface area contributed by atoms with Crippen molar-refractivity contribution in [3.63, 3.8) is 0 Å². The van der Waals surface area contributed by atoms with Crippen LogP contribution in [0, 0.1) is 13.8 Å². The molecule has 2 aromatic heterocycles. The lowest BCUT2D eigenvalue weighted by Crippen LogP contribution is -2.41. The average Bonchev–Trinajstić information content (AvgIpc) is 3.09. The van der Waals surface area contributed by atoms with E-state index >= 15 is 0 Å². The second kappa shape index (κ2) is 6.57. The zero-order valence-corrected chi connectivity index (χ0v) is 18.8. The van der Waals surface area contributed by atoms with Gasteiger partial charge in [-0.05, 0) is 59.7 Å². The Bertz CT molecular complexity index is 1290. The van der Waals surface area contributed by atoms with Gasteiger partial charge in [0.05, 0.1) is 16.1 Å². The summed E-state index contributed by atoms with van der Waals surface area (Å²) in [6.45, 7) is 11.3. The summed E-state index contributed by atoms with van der Waals surface area (Å²) < 4.78 is 40.1. The van der Waals surface area contributed by atoms with Gasteiger partial charge in [-0.2, -0.15) is 0 Å². The molecule has 1 fully saturated rings. The summed E-state index contributed by atoms with van der Waals surface area (Å²) in [5, 5.41) is 0.491. The molecule has 0 aliphatic carbocycles. The first-order chi connectivity index (χ1) is 13.8. The Morgan fingerprint density at radius 3 is 2.13 bits per heavy atom. The van der Waals surface area contributed by atoms with Crippen molar-refractivity contribution < 1.29 is 17.7 Å². The Morgan fingerprint density at radius 1 is 1.00 bits per heavy atom. The minimum Gasteiger partial charge on any atom is -0.399 e. The first kappa shape index (κ1) is 20.9. The van der Waals surface area contributed by atoms with Crippen LogP contribution in [0.25, 0.3) is 10.9 Å². The highest BCUT2D eigenvalue weighted by Gasteiger charge is 2.52. The number of aromatic nitrogens is 2. The van der Waals surface area contributed by atoms with Crippen LogP contribution in [-0.4, -0.2) is 35.7 Å². The molecule has 0 unspecified atom stereocenters. The van der Waals surface area contributed by atoms with Crippen LogP contribution in [0.15, 0.2) is 46.2 Å². The molecule has 158 valence electrons. The van der Waals surface area contributed by atoms with E-state index in [-0.39, 0.29) is 10.4 Å². The highest BCUT2D eigenvalue weighted by atomic mass is 32.2. The molecule has 1 aromatic carbocycles. The number of hydrogen-bond acceptors (Lipinski definition) is 5. The summed E-state index contributed by atoms with van der Waals surface area (Å²) in [5.74, 6) is 0. The third-order valence-corrected chi connectivity index (χ3v) is 7.90. The number of rotatable bonds is 3. The molecule has 1 aliphatic heterocycles. The van der Waals surface area contributed by atoms with Crippen molar-refractivity contribution >= 4 is 33.5 Å². The highest BCUT2D eigenvalue weighted by Crippen LogP contribution is 2.37. The second-order valence-electron chi connectivity index (χ2n) is 8.79. The summed E-state index contributed by atoms with van der Waals surface area (Å²) in [7, 11) is -4.69. The van der Waals surface area contributed by atoms with E-state index in [1.165, 1.54) is 6.20 Å². The fourth-order valence-electron chi connectivity index (χ4n) is 3.64. The van der Waals surface area contributed by atoms with Gasteiger partial charge in [-0.25, -0.2) is 12.4 Å². The molecule has 0 spiro atoms. The third-order valence-electron chi connectivity index (χ3n) is 6.08. The molecule has 3 heterocycles. The van der Waals surface area contributed by atoms with Crippen molar-refractivity contribution in [2.45, 2.75) is 57.6 Å². The first-order valence-corrected chi connectivity index (χ1v) is 11.2. The maximum atomic E-state index is 13.4. The van der Waals surface area contributed by atoms with Crippen LogP contribution in [0.4, 0.5) is 0 Å². The van der Waals surface area contributed by atoms with E-state index < -0.39 is 33.9 Å². The van der Waals surface area contributed by atoms with Gasteiger partial charge in [0, 0.05) is 22.7 Å². The number of aryl methyl sites for hydroxylation is 2. The molecule has 3 aromatic rings. The molecular weight excluding hydrogens is 403 g/mol. The first-order valence-electron chi connectivity index (χ1n) is 9.77. The van der Waals surface area contributed by atoms with Gasteiger partial charge < -0.3 is 14.3 Å². The molecule has 1 N–H and O–H groups in total. The minimum absolute atomic E-state index is 0.0558. The van der Waals surface area contributed by atoms with E-state index in [1.807, 2.05) is 34.6 Å². The molecule has 1 aliphatic rings. The second-order valence-corrected chi connectivity index (χ2v) is 10.6. The van der Waals surface area contributed by atoms with Gasteiger partial charge in [-0.15, -0.1) is 0 Å². The molecule has 4 rings (SSSR count). The van der Waals surface area contributed by atoms with Crippen molar-refractivity contribution in [1.82, 2.24) is 8.96 Å². The molecule has 0 amide bonds. The molecule has 0 bridgehead atoms. The standard InChI is InChI=1S/C21H25BN2O5S/c1-13-7-9-15(10-8-13)30(26,27)24-14(2)11-16-17(12-23-19(25)18(16)24)22-28-20(3,4)21(5,6)29-22/h7-12H,1-6H3,(H,23,25). The number of H-pyrrole nitrogens is 1. The number of pyridine rings is 1. The van der Waals surface area contributed by atoms with Gasteiger partial charge >= 0.3 is 7.12 Å². The predicted molar refractivity (Wildman–Crippen MR) is 117 cm³/mol. The van der Waals surface area contributed by atoms with E-state index in [2.05, 4.69) is 4.98 Å². The SMILES string of the molecule is Cc1ccc(S(=O)(=O)n2c(C)cc3c(B4OC(C)(C)C(C)(C)O4)c[nH]c(=O)c32)cc1. The van der Waals surface area contributed by atoms with Crippen molar-refractivity contribution in [2.75, 3.05) is 0 Å². The summed E-state index contributed by atoms with van der Waals surface area (Å²) in [6, 6.07) is 8.24. The van der Waals surface area contributed by atoms with E-state index in [9.17, 15) is 13.2 Å². The van der Waals surface area contributed by atoms with E-state index in [4.69, 9.17) is 9.31 Å². The molecule has 0 atom stereocenters. The fourth-order valence-corrected chi connectivity index (χ4v) is 5.18. The Kier molecular flexibility index (Phi) is 4.58. The zero-order chi connectivity index (χ0) is 22.1. The van der Waals surface area contributed by atoms with Crippen LogP contribution in [0.1, 0.15) is 39.0 Å². The fraction of sp³-hybridized carbons (Fsp3) is 0.381. The molecular formula is C21H25BN2O5S. The Hall–Kier alpha value is -2.36. The number of fused-ring (bicyclic) bond motifs is 1. The predicted octanol–water partition coefficient (Wildman–Crippen LogP) is 2.48. The number of benzene rings is 1. The normalized spacial score (nSPS) is 18.3. The van der Waals surface area contributed by atoms with Gasteiger partial charge in [-0.3, -0.25) is 4.79 Å². The maximum Gasteiger partial charge on any atom is 0.497 e. The largest absolute Gasteiger partial charge is 0.497 e. The van der Waals surface area contributed by atoms with Crippen molar-refractivity contribution in [2.24, 2.45) is 0 Å². The Labute approximate surface area is 176 Å². The van der Waals surface area contributed by atoms with Crippen LogP contribution >= 0.6 is 0 Å².